The van der Waals surface area contributed by atoms with Crippen LogP contribution in [0.3, 0.4) is 0 Å². The Morgan fingerprint density at radius 2 is 2.17 bits per heavy atom. The van der Waals surface area contributed by atoms with Gasteiger partial charge < -0.3 is 15.0 Å². The van der Waals surface area contributed by atoms with Crippen molar-refractivity contribution in [1.82, 2.24) is 10.1 Å². The number of nitrogens with two attached hydrogens (primary N) is 1. The summed E-state index contributed by atoms with van der Waals surface area (Å²) in [4.78, 5) is 3.92. The summed E-state index contributed by atoms with van der Waals surface area (Å²) < 4.78 is 22.3. The molecule has 0 bridgehead atoms. The molecule has 0 aliphatic carbocycles. The molecule has 5 nitrogen and oxygen atoms in total. The second kappa shape index (κ2) is 5.92. The minimum atomic E-state index is 0.133. The van der Waals surface area contributed by atoms with E-state index >= 15 is 0 Å². The summed E-state index contributed by atoms with van der Waals surface area (Å²) in [6, 6.07) is 7.08. The van der Waals surface area contributed by atoms with E-state index in [0.29, 0.717) is 23.5 Å². The quantitative estimate of drug-likeness (QED) is 0.876. The largest absolute Gasteiger partial charge is 0.489 e. The summed E-state index contributed by atoms with van der Waals surface area (Å²) in [5.74, 6) is 1.13. The molecule has 1 aromatic carbocycles. The minimum absolute atomic E-state index is 0.133. The molecule has 6 heteroatoms. The number of nitrogens with zero attached hydrogens (tertiary/aromatic N) is 2. The third-order valence-corrected chi connectivity index (χ3v) is 2.31. The van der Waals surface area contributed by atoms with Gasteiger partial charge in [-0.15, -0.1) is 0 Å². The first kappa shape index (κ1) is 12.3. The van der Waals surface area contributed by atoms with Crippen molar-refractivity contribution in [2.24, 2.45) is 5.73 Å². The molecule has 0 aliphatic rings. The Kier molecular flexibility index (Phi) is 4.03. The van der Waals surface area contributed by atoms with E-state index in [4.69, 9.17) is 10.5 Å². The zero-order valence-electron chi connectivity index (χ0n) is 9.54. The van der Waals surface area contributed by atoms with E-state index in [1.165, 1.54) is 6.39 Å². The van der Waals surface area contributed by atoms with Gasteiger partial charge in [0.1, 0.15) is 12.4 Å². The van der Waals surface area contributed by atoms with Gasteiger partial charge in [0.15, 0.2) is 0 Å². The lowest BCUT2D eigenvalue weighted by Crippen LogP contribution is -2.10. The molecule has 0 saturated carbocycles. The van der Waals surface area contributed by atoms with Gasteiger partial charge in [-0.1, -0.05) is 5.16 Å². The van der Waals surface area contributed by atoms with Crippen LogP contribution in [0, 0.1) is 0 Å². The van der Waals surface area contributed by atoms with Crippen LogP contribution in [-0.2, 0) is 0 Å². The highest BCUT2D eigenvalue weighted by Crippen LogP contribution is 2.19. The van der Waals surface area contributed by atoms with E-state index in [2.05, 4.69) is 14.7 Å². The van der Waals surface area contributed by atoms with Gasteiger partial charge in [0.05, 0.1) is 6.33 Å². The summed E-state index contributed by atoms with van der Waals surface area (Å²) in [5, 5.41) is 3.71. The zero-order valence-corrected chi connectivity index (χ0v) is 9.54. The maximum atomic E-state index is 12.3. The Labute approximate surface area is 103 Å². The fourth-order valence-electron chi connectivity index (χ4n) is 1.31. The number of benzene rings is 1. The van der Waals surface area contributed by atoms with E-state index in [0.717, 1.165) is 5.56 Å². The molecule has 0 fully saturated rings. The molecule has 0 amide bonds. The maximum absolute atomic E-state index is 12.3. The average molecular weight is 249 g/mol. The molecular formula is C12H12FN3O2. The van der Waals surface area contributed by atoms with Crippen LogP contribution in [0.25, 0.3) is 11.4 Å². The molecule has 2 rings (SSSR count). The van der Waals surface area contributed by atoms with Crippen LogP contribution < -0.4 is 10.5 Å². The van der Waals surface area contributed by atoms with Crippen molar-refractivity contribution < 1.29 is 13.7 Å². The third kappa shape index (κ3) is 2.92. The highest BCUT2D eigenvalue weighted by Gasteiger charge is 2.03. The summed E-state index contributed by atoms with van der Waals surface area (Å²) >= 11 is 0. The summed E-state index contributed by atoms with van der Waals surface area (Å²) in [7, 11) is 0. The fourth-order valence-corrected chi connectivity index (χ4v) is 1.31. The number of ether oxygens (including phenoxy) is 1. The second-order valence-corrected chi connectivity index (χ2v) is 3.54. The van der Waals surface area contributed by atoms with Crippen molar-refractivity contribution in [2.75, 3.05) is 13.2 Å². The SMILES string of the molecule is NC/C(=C\F)COc1ccc(-c2ncon2)cc1. The molecule has 2 N–H and O–H groups in total. The third-order valence-electron chi connectivity index (χ3n) is 2.31. The first-order valence-electron chi connectivity index (χ1n) is 5.31. The van der Waals surface area contributed by atoms with Crippen molar-refractivity contribution in [3.63, 3.8) is 0 Å². The minimum Gasteiger partial charge on any atom is -0.489 e. The monoisotopic (exact) mass is 249 g/mol. The van der Waals surface area contributed by atoms with E-state index in [9.17, 15) is 4.39 Å². The standard InChI is InChI=1S/C12H12FN3O2/c13-5-9(6-14)7-17-11-3-1-10(2-4-11)12-15-8-18-16-12/h1-5,8H,6-7,14H2/b9-5+. The van der Waals surface area contributed by atoms with Gasteiger partial charge in [-0.25, -0.2) is 4.39 Å². The van der Waals surface area contributed by atoms with Gasteiger partial charge in [0.25, 0.3) is 0 Å². The number of hydrogen-bond donors (Lipinski definition) is 1. The molecule has 1 aromatic heterocycles. The molecule has 0 unspecified atom stereocenters. The Morgan fingerprint density at radius 3 is 2.72 bits per heavy atom. The normalized spacial score (nSPS) is 11.6. The van der Waals surface area contributed by atoms with Crippen LogP contribution in [0.5, 0.6) is 5.75 Å². The Bertz CT molecular complexity index is 509. The van der Waals surface area contributed by atoms with Crippen LogP contribution in [-0.4, -0.2) is 23.3 Å². The Morgan fingerprint density at radius 1 is 1.39 bits per heavy atom. The zero-order chi connectivity index (χ0) is 12.8. The van der Waals surface area contributed by atoms with Crippen molar-refractivity contribution in [2.45, 2.75) is 0 Å². The molecule has 18 heavy (non-hydrogen) atoms. The topological polar surface area (TPSA) is 74.2 Å². The molecule has 0 saturated heterocycles. The number of rotatable bonds is 5. The van der Waals surface area contributed by atoms with Gasteiger partial charge in [-0.05, 0) is 24.3 Å². The van der Waals surface area contributed by atoms with Crippen molar-refractivity contribution in [1.29, 1.82) is 0 Å². The van der Waals surface area contributed by atoms with Crippen molar-refractivity contribution >= 4 is 0 Å². The second-order valence-electron chi connectivity index (χ2n) is 3.54. The van der Waals surface area contributed by atoms with Gasteiger partial charge >= 0.3 is 0 Å². The molecule has 0 spiro atoms. The lowest BCUT2D eigenvalue weighted by molar-refractivity contribution is 0.347. The summed E-state index contributed by atoms with van der Waals surface area (Å²) in [6.07, 6.45) is 1.73. The van der Waals surface area contributed by atoms with Crippen LogP contribution in [0.1, 0.15) is 0 Å². The first-order valence-corrected chi connectivity index (χ1v) is 5.31. The fraction of sp³-hybridized carbons (Fsp3) is 0.167. The summed E-state index contributed by atoms with van der Waals surface area (Å²) in [6.45, 7) is 0.270. The molecule has 0 radical (unpaired) electrons. The highest BCUT2D eigenvalue weighted by molar-refractivity contribution is 5.55. The Balaban J connectivity index is 2.00. The van der Waals surface area contributed by atoms with Crippen molar-refractivity contribution in [3.05, 3.63) is 42.6 Å². The van der Waals surface area contributed by atoms with Crippen LogP contribution >= 0.6 is 0 Å². The van der Waals surface area contributed by atoms with Crippen LogP contribution in [0.2, 0.25) is 0 Å². The predicted octanol–water partition coefficient (Wildman–Crippen LogP) is 1.93. The van der Waals surface area contributed by atoms with Crippen LogP contribution in [0.4, 0.5) is 4.39 Å². The number of aromatic nitrogens is 2. The first-order chi connectivity index (χ1) is 8.83. The van der Waals surface area contributed by atoms with Crippen LogP contribution in [0.15, 0.2) is 47.1 Å². The summed E-state index contributed by atoms with van der Waals surface area (Å²) in [5.41, 5.74) is 6.54. The number of halogens is 1. The molecule has 1 heterocycles. The van der Waals surface area contributed by atoms with E-state index in [1.807, 2.05) is 0 Å². The van der Waals surface area contributed by atoms with Gasteiger partial charge in [-0.2, -0.15) is 4.98 Å². The van der Waals surface area contributed by atoms with Gasteiger partial charge in [0, 0.05) is 17.7 Å². The maximum Gasteiger partial charge on any atom is 0.214 e. The Hall–Kier alpha value is -2.21. The van der Waals surface area contributed by atoms with E-state index in [1.54, 1.807) is 24.3 Å². The lowest BCUT2D eigenvalue weighted by atomic mass is 10.2. The van der Waals surface area contributed by atoms with Gasteiger partial charge in [0.2, 0.25) is 12.2 Å². The molecule has 94 valence electrons. The van der Waals surface area contributed by atoms with Crippen molar-refractivity contribution in [3.8, 4) is 17.1 Å². The molecular weight excluding hydrogens is 237 g/mol. The van der Waals surface area contributed by atoms with E-state index < -0.39 is 0 Å². The highest BCUT2D eigenvalue weighted by atomic mass is 19.1. The molecule has 0 atom stereocenters. The van der Waals surface area contributed by atoms with E-state index in [-0.39, 0.29) is 13.2 Å². The predicted molar refractivity (Wildman–Crippen MR) is 63.5 cm³/mol. The smallest absolute Gasteiger partial charge is 0.214 e. The molecule has 2 aromatic rings. The lowest BCUT2D eigenvalue weighted by Gasteiger charge is -2.07. The average Bonchev–Trinajstić information content (AvgIpc) is 2.94. The molecule has 0 aliphatic heterocycles. The number of hydrogen-bond acceptors (Lipinski definition) is 5. The van der Waals surface area contributed by atoms with Gasteiger partial charge in [-0.3, -0.25) is 0 Å².